The minimum absolute atomic E-state index is 0.0646. The highest BCUT2D eigenvalue weighted by Gasteiger charge is 2.15. The molecule has 4 nitrogen and oxygen atoms in total. The summed E-state index contributed by atoms with van der Waals surface area (Å²) in [5.41, 5.74) is 1.11. The number of aryl methyl sites for hydroxylation is 1. The van der Waals surface area contributed by atoms with Gasteiger partial charge in [0.05, 0.1) is 17.1 Å². The zero-order valence-electron chi connectivity index (χ0n) is 11.4. The molecule has 0 fully saturated rings. The number of benzene rings is 1. The summed E-state index contributed by atoms with van der Waals surface area (Å²) in [5, 5.41) is 11.9. The molecule has 1 aromatic rings. The zero-order chi connectivity index (χ0) is 14.4. The van der Waals surface area contributed by atoms with Crippen molar-refractivity contribution in [3.8, 4) is 5.75 Å². The highest BCUT2D eigenvalue weighted by atomic mass is 79.9. The summed E-state index contributed by atoms with van der Waals surface area (Å²) in [4.78, 5) is 11.7. The van der Waals surface area contributed by atoms with Gasteiger partial charge in [0.2, 0.25) is 0 Å². The van der Waals surface area contributed by atoms with Gasteiger partial charge in [-0.1, -0.05) is 19.9 Å². The van der Waals surface area contributed by atoms with Crippen LogP contribution in [0.3, 0.4) is 0 Å². The molecule has 1 amide bonds. The van der Waals surface area contributed by atoms with Crippen LogP contribution < -0.4 is 10.1 Å². The molecule has 1 rings (SSSR count). The van der Waals surface area contributed by atoms with E-state index in [2.05, 4.69) is 21.2 Å². The second-order valence-electron chi connectivity index (χ2n) is 4.82. The molecule has 0 radical (unpaired) electrons. The van der Waals surface area contributed by atoms with E-state index in [9.17, 15) is 4.79 Å². The Bertz CT molecular complexity index is 435. The number of rotatable bonds is 6. The van der Waals surface area contributed by atoms with Gasteiger partial charge in [-0.3, -0.25) is 4.79 Å². The van der Waals surface area contributed by atoms with Crippen LogP contribution in [0.2, 0.25) is 0 Å². The predicted molar refractivity (Wildman–Crippen MR) is 78.2 cm³/mol. The van der Waals surface area contributed by atoms with Gasteiger partial charge in [-0.2, -0.15) is 0 Å². The molecule has 5 heteroatoms. The number of ether oxygens (including phenoxy) is 1. The lowest BCUT2D eigenvalue weighted by Gasteiger charge is -2.20. The van der Waals surface area contributed by atoms with Gasteiger partial charge in [0.1, 0.15) is 5.75 Å². The van der Waals surface area contributed by atoms with E-state index in [1.54, 1.807) is 0 Å². The summed E-state index contributed by atoms with van der Waals surface area (Å²) < 4.78 is 6.26. The van der Waals surface area contributed by atoms with Crippen LogP contribution in [0.1, 0.15) is 19.4 Å². The van der Waals surface area contributed by atoms with Crippen molar-refractivity contribution < 1.29 is 14.6 Å². The summed E-state index contributed by atoms with van der Waals surface area (Å²) >= 11 is 3.39. The summed E-state index contributed by atoms with van der Waals surface area (Å²) in [5.74, 6) is 0.575. The Kier molecular flexibility index (Phi) is 6.31. The maximum absolute atomic E-state index is 11.7. The first kappa shape index (κ1) is 16.0. The van der Waals surface area contributed by atoms with Crippen LogP contribution in [0.15, 0.2) is 22.7 Å². The monoisotopic (exact) mass is 329 g/mol. The van der Waals surface area contributed by atoms with Crippen LogP contribution in [0.5, 0.6) is 5.75 Å². The van der Waals surface area contributed by atoms with Crippen molar-refractivity contribution in [2.24, 2.45) is 5.92 Å². The van der Waals surface area contributed by atoms with Crippen LogP contribution in [0, 0.1) is 12.8 Å². The smallest absolute Gasteiger partial charge is 0.258 e. The van der Waals surface area contributed by atoms with Crippen LogP contribution in [0.25, 0.3) is 0 Å². The number of hydrogen-bond acceptors (Lipinski definition) is 3. The lowest BCUT2D eigenvalue weighted by Crippen LogP contribution is -2.43. The van der Waals surface area contributed by atoms with Gasteiger partial charge in [-0.05, 0) is 46.5 Å². The van der Waals surface area contributed by atoms with E-state index in [-0.39, 0.29) is 31.1 Å². The fraction of sp³-hybridized carbons (Fsp3) is 0.500. The molecule has 19 heavy (non-hydrogen) atoms. The lowest BCUT2D eigenvalue weighted by atomic mass is 10.1. The van der Waals surface area contributed by atoms with Crippen molar-refractivity contribution in [1.82, 2.24) is 5.32 Å². The Morgan fingerprint density at radius 1 is 1.47 bits per heavy atom. The van der Waals surface area contributed by atoms with Crippen molar-refractivity contribution in [2.45, 2.75) is 26.8 Å². The predicted octanol–water partition coefficient (Wildman–Crippen LogP) is 2.27. The summed E-state index contributed by atoms with van der Waals surface area (Å²) in [6.45, 7) is 5.73. The van der Waals surface area contributed by atoms with Gasteiger partial charge in [-0.15, -0.1) is 0 Å². The van der Waals surface area contributed by atoms with Crippen molar-refractivity contribution in [2.75, 3.05) is 13.2 Å². The van der Waals surface area contributed by atoms with Crippen molar-refractivity contribution in [3.05, 3.63) is 28.2 Å². The minimum Gasteiger partial charge on any atom is -0.483 e. The molecule has 0 aliphatic rings. The van der Waals surface area contributed by atoms with Crippen molar-refractivity contribution >= 4 is 21.8 Å². The molecule has 0 aliphatic heterocycles. The molecule has 1 atom stereocenters. The molecular weight excluding hydrogens is 310 g/mol. The second kappa shape index (κ2) is 7.50. The average molecular weight is 330 g/mol. The number of amides is 1. The van der Waals surface area contributed by atoms with Gasteiger partial charge in [-0.25, -0.2) is 0 Å². The molecule has 0 spiro atoms. The van der Waals surface area contributed by atoms with E-state index in [1.165, 1.54) is 0 Å². The van der Waals surface area contributed by atoms with Gasteiger partial charge >= 0.3 is 0 Å². The number of nitrogens with one attached hydrogen (secondary N) is 1. The van der Waals surface area contributed by atoms with Crippen LogP contribution in [-0.2, 0) is 4.79 Å². The van der Waals surface area contributed by atoms with Crippen LogP contribution in [-0.4, -0.2) is 30.3 Å². The molecule has 106 valence electrons. The van der Waals surface area contributed by atoms with E-state index in [1.807, 2.05) is 39.0 Å². The van der Waals surface area contributed by atoms with Crippen LogP contribution >= 0.6 is 15.9 Å². The van der Waals surface area contributed by atoms with Gasteiger partial charge in [0.25, 0.3) is 5.91 Å². The Balaban J connectivity index is 2.50. The lowest BCUT2D eigenvalue weighted by molar-refractivity contribution is -0.124. The fourth-order valence-electron chi connectivity index (χ4n) is 1.54. The van der Waals surface area contributed by atoms with Gasteiger partial charge in [0, 0.05) is 0 Å². The quantitative estimate of drug-likeness (QED) is 0.841. The number of halogens is 1. The zero-order valence-corrected chi connectivity index (χ0v) is 13.0. The number of hydrogen-bond donors (Lipinski definition) is 2. The maximum atomic E-state index is 11.7. The SMILES string of the molecule is Cc1ccc(OCC(=O)NC(CO)C(C)C)c(Br)c1. The summed E-state index contributed by atoms with van der Waals surface area (Å²) in [6, 6.07) is 5.43. The molecule has 0 saturated carbocycles. The average Bonchev–Trinajstić information content (AvgIpc) is 2.34. The Hall–Kier alpha value is -1.07. The third kappa shape index (κ3) is 5.20. The van der Waals surface area contributed by atoms with Crippen LogP contribution in [0.4, 0.5) is 0 Å². The Morgan fingerprint density at radius 2 is 2.16 bits per heavy atom. The molecule has 0 aromatic heterocycles. The maximum Gasteiger partial charge on any atom is 0.258 e. The molecule has 0 saturated heterocycles. The first-order valence-electron chi connectivity index (χ1n) is 6.23. The number of aliphatic hydroxyl groups excluding tert-OH is 1. The third-order valence-electron chi connectivity index (χ3n) is 2.79. The van der Waals surface area contributed by atoms with E-state index in [0.717, 1.165) is 10.0 Å². The molecule has 2 N–H and O–H groups in total. The second-order valence-corrected chi connectivity index (χ2v) is 5.68. The molecule has 1 unspecified atom stereocenters. The van der Waals surface area contributed by atoms with Crippen molar-refractivity contribution in [1.29, 1.82) is 0 Å². The minimum atomic E-state index is -0.238. The standard InChI is InChI=1S/C14H20BrNO3/c1-9(2)12(7-17)16-14(18)8-19-13-5-4-10(3)6-11(13)15/h4-6,9,12,17H,7-8H2,1-3H3,(H,16,18). The number of aliphatic hydroxyl groups is 1. The molecule has 0 heterocycles. The van der Waals surface area contributed by atoms with E-state index >= 15 is 0 Å². The van der Waals surface area contributed by atoms with E-state index < -0.39 is 0 Å². The topological polar surface area (TPSA) is 58.6 Å². The summed E-state index contributed by atoms with van der Waals surface area (Å²) in [7, 11) is 0. The van der Waals surface area contributed by atoms with Crippen molar-refractivity contribution in [3.63, 3.8) is 0 Å². The fourth-order valence-corrected chi connectivity index (χ4v) is 2.15. The highest BCUT2D eigenvalue weighted by Crippen LogP contribution is 2.25. The van der Waals surface area contributed by atoms with E-state index in [0.29, 0.717) is 5.75 Å². The Morgan fingerprint density at radius 3 is 2.68 bits per heavy atom. The molecular formula is C14H20BrNO3. The largest absolute Gasteiger partial charge is 0.483 e. The summed E-state index contributed by atoms with van der Waals surface area (Å²) in [6.07, 6.45) is 0. The molecule has 1 aromatic carbocycles. The number of carbonyl (C=O) groups is 1. The molecule has 0 aliphatic carbocycles. The normalized spacial score (nSPS) is 12.3. The van der Waals surface area contributed by atoms with Gasteiger partial charge in [0.15, 0.2) is 6.61 Å². The first-order chi connectivity index (χ1) is 8.93. The van der Waals surface area contributed by atoms with Gasteiger partial charge < -0.3 is 15.2 Å². The van der Waals surface area contributed by atoms with E-state index in [4.69, 9.17) is 9.84 Å². The third-order valence-corrected chi connectivity index (χ3v) is 3.41. The Labute approximate surface area is 122 Å². The highest BCUT2D eigenvalue weighted by molar-refractivity contribution is 9.10. The number of carbonyl (C=O) groups excluding carboxylic acids is 1. The first-order valence-corrected chi connectivity index (χ1v) is 7.02. The molecule has 0 bridgehead atoms.